The van der Waals surface area contributed by atoms with E-state index in [0.717, 1.165) is 38.5 Å². The van der Waals surface area contributed by atoms with Crippen molar-refractivity contribution in [2.24, 2.45) is 5.92 Å². The van der Waals surface area contributed by atoms with Gasteiger partial charge in [-0.2, -0.15) is 0 Å². The molecule has 26 heteroatoms. The van der Waals surface area contributed by atoms with Gasteiger partial charge in [0, 0.05) is 72.2 Å². The Bertz CT molecular complexity index is 2830. The van der Waals surface area contributed by atoms with Crippen LogP contribution in [0.1, 0.15) is 441 Å². The van der Waals surface area contributed by atoms with Crippen molar-refractivity contribution in [1.82, 2.24) is 40.0 Å². The highest BCUT2D eigenvalue weighted by molar-refractivity contribution is 5.81. The molecule has 0 heterocycles. The number of aliphatic hydroxyl groups is 4. The van der Waals surface area contributed by atoms with Crippen molar-refractivity contribution in [2.75, 3.05) is 59.9 Å². The van der Waals surface area contributed by atoms with E-state index in [1.807, 2.05) is 20.8 Å². The lowest BCUT2D eigenvalue weighted by atomic mass is 9.88. The van der Waals surface area contributed by atoms with Gasteiger partial charge in [0.05, 0.1) is 6.10 Å². The number of nitrogens with one attached hydrogen (secondary N) is 2. The van der Waals surface area contributed by atoms with Gasteiger partial charge in [0.25, 0.3) is 5.91 Å². The zero-order valence-corrected chi connectivity index (χ0v) is 82.9. The summed E-state index contributed by atoms with van der Waals surface area (Å²) in [5, 5.41) is 44.5. The number of nitrogens with zero attached hydrogens (tertiary/aromatic N) is 6. The van der Waals surface area contributed by atoms with Crippen LogP contribution in [0.5, 0.6) is 0 Å². The molecule has 0 aromatic carbocycles. The van der Waals surface area contributed by atoms with E-state index in [2.05, 4.69) is 10.6 Å². The summed E-state index contributed by atoms with van der Waals surface area (Å²) >= 11 is 0. The highest BCUT2D eigenvalue weighted by Crippen LogP contribution is 2.41. The molecule has 6 N–H and O–H groups in total. The maximum atomic E-state index is 15.7. The van der Waals surface area contributed by atoms with Gasteiger partial charge < -0.3 is 64.4 Å². The predicted molar refractivity (Wildman–Crippen MR) is 495 cm³/mol. The van der Waals surface area contributed by atoms with E-state index >= 15 is 19.2 Å². The molecule has 0 rings (SSSR count). The largest absolute Gasteiger partial charge is 0.444 e. The smallest absolute Gasteiger partial charge is 0.413 e. The van der Waals surface area contributed by atoms with Crippen LogP contribution in [0.2, 0.25) is 0 Å². The minimum absolute atomic E-state index is 0.00836. The molecule has 0 aromatic rings. The Morgan fingerprint density at radius 1 is 0.325 bits per heavy atom. The highest BCUT2D eigenvalue weighted by atomic mass is 16.6. The van der Waals surface area contributed by atoms with Crippen LogP contribution in [0.15, 0.2) is 0 Å². The van der Waals surface area contributed by atoms with Crippen molar-refractivity contribution in [3.05, 3.63) is 0 Å². The van der Waals surface area contributed by atoms with Gasteiger partial charge in [-0.1, -0.05) is 245 Å². The van der Waals surface area contributed by atoms with E-state index in [9.17, 15) is 39.6 Å². The molecule has 0 aliphatic rings. The fourth-order valence-electron chi connectivity index (χ4n) is 15.3. The molecule has 26 nitrogen and oxygen atoms in total. The van der Waals surface area contributed by atoms with Gasteiger partial charge in [-0.15, -0.1) is 0 Å². The molecule has 8 amide bonds. The predicted octanol–water partition coefficient (Wildman–Crippen LogP) is 22.6. The van der Waals surface area contributed by atoms with Gasteiger partial charge in [0.2, 0.25) is 11.7 Å². The van der Waals surface area contributed by atoms with Crippen molar-refractivity contribution in [3.63, 3.8) is 0 Å². The summed E-state index contributed by atoms with van der Waals surface area (Å²) < 4.78 is 37.1. The van der Waals surface area contributed by atoms with Crippen LogP contribution < -0.4 is 10.6 Å². The number of aliphatic hydroxyl groups excluding tert-OH is 4. The molecule has 3 unspecified atom stereocenters. The first kappa shape index (κ1) is 117. The normalized spacial score (nSPS) is 14.2. The molecule has 0 aromatic heterocycles. The Morgan fingerprint density at radius 2 is 0.650 bits per heavy atom. The Morgan fingerprint density at radius 3 is 1.02 bits per heavy atom. The van der Waals surface area contributed by atoms with Crippen LogP contribution in [0.4, 0.5) is 28.8 Å². The lowest BCUT2D eigenvalue weighted by molar-refractivity contribution is -0.177. The second-order valence-electron chi connectivity index (χ2n) is 40.8. The summed E-state index contributed by atoms with van der Waals surface area (Å²) in [5.41, 5.74) is -5.95. The van der Waals surface area contributed by atoms with Crippen molar-refractivity contribution in [3.8, 4) is 0 Å². The maximum Gasteiger partial charge on any atom is 0.413 e. The number of hydrogen-bond donors (Lipinski definition) is 6. The molecule has 724 valence electrons. The summed E-state index contributed by atoms with van der Waals surface area (Å²) in [7, 11) is 3.10. The van der Waals surface area contributed by atoms with Crippen molar-refractivity contribution in [1.29, 1.82) is 0 Å². The Kier molecular flexibility index (Phi) is 60.5. The van der Waals surface area contributed by atoms with Crippen LogP contribution in [-0.2, 0) is 38.0 Å². The van der Waals surface area contributed by atoms with Crippen molar-refractivity contribution in [2.45, 2.75) is 511 Å². The maximum absolute atomic E-state index is 15.7. The first-order valence-electron chi connectivity index (χ1n) is 48.7. The summed E-state index contributed by atoms with van der Waals surface area (Å²) in [6.07, 6.45) is 35.3. The summed E-state index contributed by atoms with van der Waals surface area (Å²) in [4.78, 5) is 124. The molecule has 0 saturated carbocycles. The van der Waals surface area contributed by atoms with Crippen molar-refractivity contribution < 1.29 is 87.2 Å². The molecular weight excluding hydrogens is 1570 g/mol. The Labute approximate surface area is 749 Å². The molecule has 0 spiro atoms. The third-order valence-electron chi connectivity index (χ3n) is 21.6. The third kappa shape index (κ3) is 55.7. The first-order chi connectivity index (χ1) is 57.5. The third-order valence-corrected chi connectivity index (χ3v) is 21.6. The number of unbranched alkanes of at least 4 members (excludes halogenated alkanes) is 36. The average Bonchev–Trinajstić information content (AvgIpc) is 0.728. The van der Waals surface area contributed by atoms with E-state index in [1.54, 1.807) is 132 Å². The average molecular weight is 1750 g/mol. The monoisotopic (exact) mass is 1750 g/mol. The number of carbonyl (C=O) groups is 8. The molecule has 0 fully saturated rings. The molecule has 0 aliphatic carbocycles. The number of hydrogen-bond acceptors (Lipinski definition) is 18. The number of ether oxygens (including phenoxy) is 6. The zero-order chi connectivity index (χ0) is 93.5. The SMILES string of the molecule is CCCCN(C(=O)OC(C)(C)C)C(C(CCCCCCNC(=O)CCCCCCCCCCCCCCCCCCCCCCCCCCCCCCCCCCCNC(=O)[C@H](O)[C@@H](O)[C@H](O)[C@@H](C)O)CN(CCCC(N(C)C(=O)OC(C)(C)C)N(CCC)C(=O)OC(C)(C)C)C(=O)OC(C)(C)C)(N(C)C(=O)OC(C)(C)C)N(CCC)C(=O)OC(C)(C)C. The Hall–Kier alpha value is -5.60. The molecule has 0 bridgehead atoms. The van der Waals surface area contributed by atoms with Crippen LogP contribution in [-0.4, -0.2) is 228 Å². The molecule has 0 aliphatic heterocycles. The van der Waals surface area contributed by atoms with E-state index < -0.39 is 118 Å². The van der Waals surface area contributed by atoms with E-state index in [0.29, 0.717) is 70.9 Å². The van der Waals surface area contributed by atoms with Crippen LogP contribution in [0.25, 0.3) is 0 Å². The van der Waals surface area contributed by atoms with Crippen LogP contribution >= 0.6 is 0 Å². The molecule has 7 atom stereocenters. The Balaban J connectivity index is 5.83. The van der Waals surface area contributed by atoms with Gasteiger partial charge in [-0.3, -0.25) is 34.1 Å². The fourth-order valence-corrected chi connectivity index (χ4v) is 15.3. The quantitative estimate of drug-likeness (QED) is 0.0187. The highest BCUT2D eigenvalue weighted by Gasteiger charge is 2.60. The van der Waals surface area contributed by atoms with E-state index in [-0.39, 0.29) is 57.9 Å². The fraction of sp³-hybridized carbons (Fsp3) is 0.918. The van der Waals surface area contributed by atoms with Gasteiger partial charge in [-0.25, -0.2) is 28.8 Å². The van der Waals surface area contributed by atoms with Crippen LogP contribution in [0.3, 0.4) is 0 Å². The van der Waals surface area contributed by atoms with Gasteiger partial charge in [-0.05, 0) is 189 Å². The standard InChI is InChI=1S/C97H188N8O18/c1-25-28-75-105(90(117)123-96(20,21)22)97(101(24)86(113)119-92(8,9)10,104(73-27-3)89(116)122-95(17,18)19)78(76-102(87(114)120-93(11,12)13)74-66-69-80(100(23)85(112)118-91(5,6)7)103(72-26-2)88(115)121-94(14,15)16)67-62-59-61-64-70-98-79(107)68-63-58-56-54-52-50-48-46-44-42-40-38-36-34-32-30-29-31-33-35-37-39-41-43-45-47-49-51-53-55-57-60-65-71-99-84(111)83(110)82(109)81(108)77(4)106/h77-78,80-83,106,108-110H,25-76H2,1-24H3,(H,98,107)(H,99,111)/t77-,78?,80?,81-,82+,83-,97?/m1/s1. The number of rotatable bonds is 66. The molecule has 0 radical (unpaired) electrons. The molecule has 0 saturated heterocycles. The van der Waals surface area contributed by atoms with Gasteiger partial charge >= 0.3 is 36.6 Å². The van der Waals surface area contributed by atoms with Gasteiger partial charge in [0.15, 0.2) is 6.10 Å². The summed E-state index contributed by atoms with van der Waals surface area (Å²) in [5.74, 6) is -3.86. The first-order valence-corrected chi connectivity index (χ1v) is 48.7. The minimum Gasteiger partial charge on any atom is -0.444 e. The van der Waals surface area contributed by atoms with E-state index in [4.69, 9.17) is 28.4 Å². The topological polar surface area (TPSA) is 316 Å². The molecular formula is C97H188N8O18. The lowest BCUT2D eigenvalue weighted by Gasteiger charge is -2.58. The zero-order valence-electron chi connectivity index (χ0n) is 82.9. The van der Waals surface area contributed by atoms with Crippen molar-refractivity contribution >= 4 is 48.4 Å². The lowest BCUT2D eigenvalue weighted by Crippen LogP contribution is -2.77. The van der Waals surface area contributed by atoms with E-state index in [1.165, 1.54) is 217 Å². The second-order valence-corrected chi connectivity index (χ2v) is 40.8. The summed E-state index contributed by atoms with van der Waals surface area (Å²) in [6, 6.07) is 0. The second kappa shape index (κ2) is 63.4. The number of amides is 8. The van der Waals surface area contributed by atoms with Gasteiger partial charge in [0.1, 0.15) is 52.0 Å². The number of carbonyl (C=O) groups excluding carboxylic acids is 8. The summed E-state index contributed by atoms with van der Waals surface area (Å²) in [6.45, 7) is 39.5. The molecule has 123 heavy (non-hydrogen) atoms. The van der Waals surface area contributed by atoms with Crippen LogP contribution in [0, 0.1) is 5.92 Å². The minimum atomic E-state index is -2.13.